The molecule has 0 aliphatic rings. The van der Waals surface area contributed by atoms with E-state index in [1.807, 2.05) is 30.3 Å². The van der Waals surface area contributed by atoms with Crippen LogP contribution in [0.5, 0.6) is 11.5 Å². The highest BCUT2D eigenvalue weighted by Crippen LogP contribution is 2.31. The summed E-state index contributed by atoms with van der Waals surface area (Å²) >= 11 is 0. The van der Waals surface area contributed by atoms with E-state index < -0.39 is 0 Å². The van der Waals surface area contributed by atoms with Crippen LogP contribution in [0.3, 0.4) is 0 Å². The molecule has 0 bridgehead atoms. The highest BCUT2D eigenvalue weighted by atomic mass is 16.5. The van der Waals surface area contributed by atoms with E-state index in [1.165, 1.54) is 0 Å². The van der Waals surface area contributed by atoms with Crippen LogP contribution in [0.1, 0.15) is 12.0 Å². The molecule has 0 heterocycles. The van der Waals surface area contributed by atoms with Gasteiger partial charge in [-0.05, 0) is 30.2 Å². The van der Waals surface area contributed by atoms with Gasteiger partial charge < -0.3 is 20.1 Å². The van der Waals surface area contributed by atoms with Crippen LogP contribution in [0.2, 0.25) is 0 Å². The van der Waals surface area contributed by atoms with Gasteiger partial charge in [-0.25, -0.2) is 0 Å². The summed E-state index contributed by atoms with van der Waals surface area (Å²) in [6.07, 6.45) is 0.918. The first kappa shape index (κ1) is 16.7. The zero-order chi connectivity index (χ0) is 16.8. The number of carbonyl (C=O) groups excluding carboxylic acids is 1. The van der Waals surface area contributed by atoms with Crippen molar-refractivity contribution in [1.82, 2.24) is 0 Å². The number of methoxy groups -OCH3 is 2. The van der Waals surface area contributed by atoms with E-state index in [9.17, 15) is 4.79 Å². The molecule has 0 aliphatic heterocycles. The number of benzene rings is 2. The molecule has 5 heteroatoms. The number of nitrogens with two attached hydrogens (primary N) is 1. The smallest absolute Gasteiger partial charge is 0.227 e. The van der Waals surface area contributed by atoms with Crippen LogP contribution < -0.4 is 20.1 Å². The molecule has 0 spiro atoms. The second-order valence-electron chi connectivity index (χ2n) is 5.19. The summed E-state index contributed by atoms with van der Waals surface area (Å²) in [4.78, 5) is 14.0. The monoisotopic (exact) mass is 314 g/mol. The lowest BCUT2D eigenvalue weighted by Crippen LogP contribution is -2.26. The van der Waals surface area contributed by atoms with Crippen LogP contribution in [0, 0.1) is 0 Å². The van der Waals surface area contributed by atoms with Gasteiger partial charge in [0.05, 0.1) is 19.9 Å². The van der Waals surface area contributed by atoms with Gasteiger partial charge in [0.25, 0.3) is 0 Å². The first-order chi connectivity index (χ1) is 11.1. The first-order valence-corrected chi connectivity index (χ1v) is 7.38. The standard InChI is InChI=1S/C18H22N2O3/c1-20(14-7-5-4-6-8-14)18(21)10-9-13-11-15(19)17(23-3)12-16(13)22-2/h4-8,11-12H,9-10,19H2,1-3H3. The molecule has 0 radical (unpaired) electrons. The second kappa shape index (κ2) is 7.54. The average Bonchev–Trinajstić information content (AvgIpc) is 2.59. The molecular formula is C18H22N2O3. The zero-order valence-electron chi connectivity index (χ0n) is 13.7. The molecule has 2 N–H and O–H groups in total. The van der Waals surface area contributed by atoms with Crippen LogP contribution in [0.25, 0.3) is 0 Å². The van der Waals surface area contributed by atoms with Crippen molar-refractivity contribution in [2.45, 2.75) is 12.8 Å². The molecule has 0 atom stereocenters. The molecule has 0 fully saturated rings. The molecule has 0 aliphatic carbocycles. The Morgan fingerprint density at radius 3 is 2.35 bits per heavy atom. The summed E-state index contributed by atoms with van der Waals surface area (Å²) in [7, 11) is 4.92. The lowest BCUT2D eigenvalue weighted by molar-refractivity contribution is -0.118. The van der Waals surface area contributed by atoms with Gasteiger partial charge >= 0.3 is 0 Å². The van der Waals surface area contributed by atoms with Crippen molar-refractivity contribution in [2.24, 2.45) is 0 Å². The fraction of sp³-hybridized carbons (Fsp3) is 0.278. The van der Waals surface area contributed by atoms with E-state index in [-0.39, 0.29) is 5.91 Å². The maximum absolute atomic E-state index is 12.4. The van der Waals surface area contributed by atoms with Crippen LogP contribution >= 0.6 is 0 Å². The molecule has 2 rings (SSSR count). The van der Waals surface area contributed by atoms with E-state index in [0.717, 1.165) is 11.3 Å². The number of aryl methyl sites for hydroxylation is 1. The van der Waals surface area contributed by atoms with Gasteiger partial charge in [-0.15, -0.1) is 0 Å². The minimum atomic E-state index is 0.0349. The third kappa shape index (κ3) is 3.94. The summed E-state index contributed by atoms with van der Waals surface area (Å²) < 4.78 is 10.5. The molecule has 5 nitrogen and oxygen atoms in total. The molecule has 0 aromatic heterocycles. The molecule has 23 heavy (non-hydrogen) atoms. The summed E-state index contributed by atoms with van der Waals surface area (Å²) in [5.74, 6) is 1.28. The number of amides is 1. The SMILES string of the molecule is COc1cc(OC)c(CCC(=O)N(C)c2ccccc2)cc1N. The Hall–Kier alpha value is -2.69. The van der Waals surface area contributed by atoms with Crippen LogP contribution in [-0.2, 0) is 11.2 Å². The lowest BCUT2D eigenvalue weighted by Gasteiger charge is -2.18. The van der Waals surface area contributed by atoms with Crippen molar-refractivity contribution < 1.29 is 14.3 Å². The number of rotatable bonds is 6. The van der Waals surface area contributed by atoms with Crippen molar-refractivity contribution in [2.75, 3.05) is 31.9 Å². The molecule has 0 saturated heterocycles. The van der Waals surface area contributed by atoms with Gasteiger partial charge in [0.1, 0.15) is 11.5 Å². The third-order valence-corrected chi connectivity index (χ3v) is 3.76. The number of ether oxygens (including phenoxy) is 2. The summed E-state index contributed by atoms with van der Waals surface area (Å²) in [5.41, 5.74) is 8.23. The molecule has 2 aromatic rings. The van der Waals surface area contributed by atoms with E-state index in [4.69, 9.17) is 15.2 Å². The van der Waals surface area contributed by atoms with Crippen LogP contribution in [0.15, 0.2) is 42.5 Å². The third-order valence-electron chi connectivity index (χ3n) is 3.76. The second-order valence-corrected chi connectivity index (χ2v) is 5.19. The van der Waals surface area contributed by atoms with Crippen molar-refractivity contribution in [3.05, 3.63) is 48.0 Å². The van der Waals surface area contributed by atoms with Gasteiger partial charge in [0, 0.05) is 25.2 Å². The molecular weight excluding hydrogens is 292 g/mol. The number of para-hydroxylation sites is 1. The van der Waals surface area contributed by atoms with Crippen LogP contribution in [-0.4, -0.2) is 27.2 Å². The Kier molecular flexibility index (Phi) is 5.46. The van der Waals surface area contributed by atoms with Gasteiger partial charge in [-0.3, -0.25) is 4.79 Å². The fourth-order valence-electron chi connectivity index (χ4n) is 2.39. The summed E-state index contributed by atoms with van der Waals surface area (Å²) in [6.45, 7) is 0. The van der Waals surface area contributed by atoms with E-state index >= 15 is 0 Å². The predicted octanol–water partition coefficient (Wildman–Crippen LogP) is 2.88. The first-order valence-electron chi connectivity index (χ1n) is 7.38. The number of carbonyl (C=O) groups is 1. The van der Waals surface area contributed by atoms with Gasteiger partial charge in [-0.2, -0.15) is 0 Å². The van der Waals surface area contributed by atoms with Gasteiger partial charge in [-0.1, -0.05) is 18.2 Å². The van der Waals surface area contributed by atoms with Gasteiger partial charge in [0.15, 0.2) is 0 Å². The van der Waals surface area contributed by atoms with Crippen LogP contribution in [0.4, 0.5) is 11.4 Å². The van der Waals surface area contributed by atoms with Crippen molar-refractivity contribution >= 4 is 17.3 Å². The maximum Gasteiger partial charge on any atom is 0.227 e. The Bertz CT molecular complexity index is 671. The normalized spacial score (nSPS) is 10.2. The Labute approximate surface area is 136 Å². The minimum Gasteiger partial charge on any atom is -0.496 e. The summed E-state index contributed by atoms with van der Waals surface area (Å²) in [5, 5.41) is 0. The number of nitrogen functional groups attached to an aromatic ring is 1. The maximum atomic E-state index is 12.4. The summed E-state index contributed by atoms with van der Waals surface area (Å²) in [6, 6.07) is 13.1. The molecule has 1 amide bonds. The average molecular weight is 314 g/mol. The largest absolute Gasteiger partial charge is 0.496 e. The van der Waals surface area contributed by atoms with E-state index in [2.05, 4.69) is 0 Å². The molecule has 122 valence electrons. The van der Waals surface area contributed by atoms with Crippen molar-refractivity contribution in [3.8, 4) is 11.5 Å². The zero-order valence-corrected chi connectivity index (χ0v) is 13.7. The Balaban J connectivity index is 2.08. The number of anilines is 2. The number of nitrogens with zero attached hydrogens (tertiary/aromatic N) is 1. The predicted molar refractivity (Wildman–Crippen MR) is 92.1 cm³/mol. The fourth-order valence-corrected chi connectivity index (χ4v) is 2.39. The number of hydrogen-bond acceptors (Lipinski definition) is 4. The van der Waals surface area contributed by atoms with E-state index in [0.29, 0.717) is 30.0 Å². The highest BCUT2D eigenvalue weighted by molar-refractivity contribution is 5.92. The molecule has 2 aromatic carbocycles. The number of hydrogen-bond donors (Lipinski definition) is 1. The Morgan fingerprint density at radius 2 is 1.74 bits per heavy atom. The topological polar surface area (TPSA) is 64.8 Å². The van der Waals surface area contributed by atoms with Gasteiger partial charge in [0.2, 0.25) is 5.91 Å². The minimum absolute atomic E-state index is 0.0349. The molecule has 0 unspecified atom stereocenters. The van der Waals surface area contributed by atoms with Crippen molar-refractivity contribution in [3.63, 3.8) is 0 Å². The Morgan fingerprint density at radius 1 is 1.09 bits per heavy atom. The van der Waals surface area contributed by atoms with E-state index in [1.54, 1.807) is 38.3 Å². The lowest BCUT2D eigenvalue weighted by atomic mass is 10.1. The quantitative estimate of drug-likeness (QED) is 0.833. The molecule has 0 saturated carbocycles. The van der Waals surface area contributed by atoms with Crippen molar-refractivity contribution in [1.29, 1.82) is 0 Å². The highest BCUT2D eigenvalue weighted by Gasteiger charge is 2.14.